The van der Waals surface area contributed by atoms with Crippen molar-refractivity contribution in [1.82, 2.24) is 19.1 Å². The standard InChI is InChI=1S/C17H20N6O3/c1-20-14-13(15(25)21(2)17(20)26)18-16(19-14)23-9-7-22(8-10-23)11-3-5-12(24)6-4-11/h3-6,24H,7-10H2,1-2H3,(H,18,19). The highest BCUT2D eigenvalue weighted by molar-refractivity contribution is 5.73. The quantitative estimate of drug-likeness (QED) is 0.670. The average molecular weight is 356 g/mol. The van der Waals surface area contributed by atoms with Crippen molar-refractivity contribution in [3.63, 3.8) is 0 Å². The molecule has 3 heterocycles. The summed E-state index contributed by atoms with van der Waals surface area (Å²) in [5.41, 5.74) is 1.00. The number of aromatic nitrogens is 4. The Hall–Kier alpha value is -3.23. The number of nitrogens with one attached hydrogen (secondary N) is 1. The Morgan fingerprint density at radius 3 is 2.23 bits per heavy atom. The predicted molar refractivity (Wildman–Crippen MR) is 99.1 cm³/mol. The van der Waals surface area contributed by atoms with Crippen LogP contribution in [0.1, 0.15) is 0 Å². The van der Waals surface area contributed by atoms with Crippen LogP contribution in [0.2, 0.25) is 0 Å². The normalized spacial score (nSPS) is 15.0. The van der Waals surface area contributed by atoms with E-state index in [1.165, 1.54) is 11.6 Å². The topological polar surface area (TPSA) is 99.4 Å². The summed E-state index contributed by atoms with van der Waals surface area (Å²) in [4.78, 5) is 36.2. The number of fused-ring (bicyclic) bond motifs is 1. The van der Waals surface area contributed by atoms with Gasteiger partial charge in [-0.05, 0) is 24.3 Å². The minimum atomic E-state index is -0.391. The van der Waals surface area contributed by atoms with E-state index in [1.807, 2.05) is 12.1 Å². The zero-order valence-corrected chi connectivity index (χ0v) is 14.6. The molecule has 136 valence electrons. The molecule has 0 aliphatic carbocycles. The molecule has 4 rings (SSSR count). The molecule has 3 aromatic rings. The fourth-order valence-corrected chi connectivity index (χ4v) is 3.30. The monoisotopic (exact) mass is 356 g/mol. The highest BCUT2D eigenvalue weighted by Crippen LogP contribution is 2.21. The van der Waals surface area contributed by atoms with E-state index in [9.17, 15) is 14.7 Å². The second-order valence-corrected chi connectivity index (χ2v) is 6.46. The first-order chi connectivity index (χ1) is 12.5. The van der Waals surface area contributed by atoms with Gasteiger partial charge in [0.05, 0.1) is 0 Å². The summed E-state index contributed by atoms with van der Waals surface area (Å²) in [5.74, 6) is 0.852. The van der Waals surface area contributed by atoms with Crippen molar-refractivity contribution < 1.29 is 5.11 Å². The molecule has 1 aliphatic rings. The van der Waals surface area contributed by atoms with Gasteiger partial charge in [-0.2, -0.15) is 4.98 Å². The lowest BCUT2D eigenvalue weighted by molar-refractivity contribution is 0.475. The van der Waals surface area contributed by atoms with Gasteiger partial charge in [0.25, 0.3) is 5.56 Å². The average Bonchev–Trinajstić information content (AvgIpc) is 3.11. The van der Waals surface area contributed by atoms with Gasteiger partial charge in [-0.25, -0.2) is 4.79 Å². The number of aromatic amines is 1. The maximum Gasteiger partial charge on any atom is 0.332 e. The Morgan fingerprint density at radius 1 is 0.962 bits per heavy atom. The molecular formula is C17H20N6O3. The van der Waals surface area contributed by atoms with E-state index < -0.39 is 5.69 Å². The lowest BCUT2D eigenvalue weighted by atomic mass is 10.2. The third-order valence-electron chi connectivity index (χ3n) is 4.88. The molecule has 1 aliphatic heterocycles. The van der Waals surface area contributed by atoms with Crippen molar-refractivity contribution in [1.29, 1.82) is 0 Å². The van der Waals surface area contributed by atoms with Crippen LogP contribution in [0.3, 0.4) is 0 Å². The molecule has 0 amide bonds. The zero-order valence-electron chi connectivity index (χ0n) is 14.6. The summed E-state index contributed by atoms with van der Waals surface area (Å²) < 4.78 is 2.45. The molecule has 9 heteroatoms. The molecule has 0 radical (unpaired) electrons. The summed E-state index contributed by atoms with van der Waals surface area (Å²) in [6, 6.07) is 7.14. The second kappa shape index (κ2) is 5.94. The fraction of sp³-hybridized carbons (Fsp3) is 0.353. The molecule has 0 spiro atoms. The van der Waals surface area contributed by atoms with Gasteiger partial charge < -0.3 is 19.9 Å². The largest absolute Gasteiger partial charge is 0.508 e. The molecule has 0 saturated carbocycles. The predicted octanol–water partition coefficient (Wildman–Crippen LogP) is -0.00750. The van der Waals surface area contributed by atoms with Gasteiger partial charge in [0.15, 0.2) is 11.2 Å². The molecule has 9 nitrogen and oxygen atoms in total. The highest BCUT2D eigenvalue weighted by atomic mass is 16.3. The molecule has 0 bridgehead atoms. The number of hydrogen-bond acceptors (Lipinski definition) is 6. The number of hydrogen-bond donors (Lipinski definition) is 2. The van der Waals surface area contributed by atoms with Crippen molar-refractivity contribution in [2.45, 2.75) is 0 Å². The number of benzene rings is 1. The molecule has 2 N–H and O–H groups in total. The van der Waals surface area contributed by atoms with Gasteiger partial charge in [-0.15, -0.1) is 0 Å². The smallest absolute Gasteiger partial charge is 0.332 e. The number of phenolic OH excluding ortho intramolecular Hbond substituents is 1. The number of aromatic hydroxyl groups is 1. The van der Waals surface area contributed by atoms with Crippen LogP contribution in [-0.2, 0) is 14.1 Å². The number of anilines is 2. The van der Waals surface area contributed by atoms with E-state index in [0.29, 0.717) is 17.1 Å². The van der Waals surface area contributed by atoms with Crippen LogP contribution in [0, 0.1) is 0 Å². The Bertz CT molecular complexity index is 1070. The summed E-state index contributed by atoms with van der Waals surface area (Å²) >= 11 is 0. The van der Waals surface area contributed by atoms with Crippen LogP contribution < -0.4 is 21.0 Å². The molecule has 2 aromatic heterocycles. The van der Waals surface area contributed by atoms with Gasteiger partial charge in [-0.1, -0.05) is 0 Å². The summed E-state index contributed by atoms with van der Waals surface area (Å²) in [6.45, 7) is 3.04. The number of piperazine rings is 1. The van der Waals surface area contributed by atoms with Crippen LogP contribution >= 0.6 is 0 Å². The third kappa shape index (κ3) is 2.52. The Labute approximate surface area is 148 Å². The lowest BCUT2D eigenvalue weighted by Gasteiger charge is -2.35. The minimum absolute atomic E-state index is 0.252. The van der Waals surface area contributed by atoms with Gasteiger partial charge in [0, 0.05) is 46.0 Å². The van der Waals surface area contributed by atoms with E-state index >= 15 is 0 Å². The number of aryl methyl sites for hydroxylation is 1. The number of phenols is 1. The van der Waals surface area contributed by atoms with Crippen LogP contribution in [0.5, 0.6) is 5.75 Å². The van der Waals surface area contributed by atoms with Crippen LogP contribution in [0.4, 0.5) is 11.6 Å². The molecule has 1 aromatic carbocycles. The Balaban J connectivity index is 1.59. The van der Waals surface area contributed by atoms with Gasteiger partial charge in [0.2, 0.25) is 5.95 Å². The van der Waals surface area contributed by atoms with Crippen molar-refractivity contribution >= 4 is 22.8 Å². The SMILES string of the molecule is Cn1c(=O)c2[nH]c(N3CCN(c4ccc(O)cc4)CC3)nc2n(C)c1=O. The first-order valence-electron chi connectivity index (χ1n) is 8.40. The highest BCUT2D eigenvalue weighted by Gasteiger charge is 2.22. The number of rotatable bonds is 2. The van der Waals surface area contributed by atoms with Gasteiger partial charge >= 0.3 is 5.69 Å². The number of H-pyrrole nitrogens is 1. The maximum absolute atomic E-state index is 12.3. The van der Waals surface area contributed by atoms with Crippen molar-refractivity contribution in [3.8, 4) is 5.75 Å². The summed E-state index contributed by atoms with van der Waals surface area (Å²) in [7, 11) is 3.07. The van der Waals surface area contributed by atoms with E-state index in [2.05, 4.69) is 19.8 Å². The van der Waals surface area contributed by atoms with Crippen molar-refractivity contribution in [2.24, 2.45) is 14.1 Å². The lowest BCUT2D eigenvalue weighted by Crippen LogP contribution is -2.46. The van der Waals surface area contributed by atoms with Gasteiger partial charge in [0.1, 0.15) is 5.75 Å². The van der Waals surface area contributed by atoms with E-state index in [4.69, 9.17) is 0 Å². The van der Waals surface area contributed by atoms with Crippen LogP contribution in [-0.4, -0.2) is 50.4 Å². The molecule has 0 atom stereocenters. The number of nitrogens with zero attached hydrogens (tertiary/aromatic N) is 5. The first-order valence-corrected chi connectivity index (χ1v) is 8.40. The van der Waals surface area contributed by atoms with Crippen molar-refractivity contribution in [3.05, 3.63) is 45.1 Å². The fourth-order valence-electron chi connectivity index (χ4n) is 3.30. The molecule has 26 heavy (non-hydrogen) atoms. The summed E-state index contributed by atoms with van der Waals surface area (Å²) in [5, 5.41) is 9.41. The second-order valence-electron chi connectivity index (χ2n) is 6.46. The molecule has 1 fully saturated rings. The Morgan fingerprint density at radius 2 is 1.58 bits per heavy atom. The van der Waals surface area contributed by atoms with E-state index in [0.717, 1.165) is 36.4 Å². The first kappa shape index (κ1) is 16.2. The molecule has 1 saturated heterocycles. The zero-order chi connectivity index (χ0) is 18.4. The van der Waals surface area contributed by atoms with E-state index in [1.54, 1.807) is 19.2 Å². The maximum atomic E-state index is 12.3. The number of imidazole rings is 1. The summed E-state index contributed by atoms with van der Waals surface area (Å²) in [6.07, 6.45) is 0. The van der Waals surface area contributed by atoms with Crippen LogP contribution in [0.25, 0.3) is 11.2 Å². The van der Waals surface area contributed by atoms with E-state index in [-0.39, 0.29) is 11.3 Å². The van der Waals surface area contributed by atoms with Crippen molar-refractivity contribution in [2.75, 3.05) is 36.0 Å². The van der Waals surface area contributed by atoms with Gasteiger partial charge in [-0.3, -0.25) is 13.9 Å². The molecule has 0 unspecified atom stereocenters. The Kier molecular flexibility index (Phi) is 3.71. The minimum Gasteiger partial charge on any atom is -0.508 e. The third-order valence-corrected chi connectivity index (χ3v) is 4.88. The van der Waals surface area contributed by atoms with Crippen LogP contribution in [0.15, 0.2) is 33.9 Å². The molecular weight excluding hydrogens is 336 g/mol.